The Morgan fingerprint density at radius 3 is 2.33 bits per heavy atom. The van der Waals surface area contributed by atoms with Crippen molar-refractivity contribution < 1.29 is 23.9 Å². The topological polar surface area (TPSA) is 93.7 Å². The molecule has 0 heterocycles. The average Bonchev–Trinajstić information content (AvgIpc) is 2.58. The van der Waals surface area contributed by atoms with Crippen LogP contribution in [-0.4, -0.2) is 36.7 Å². The van der Waals surface area contributed by atoms with Crippen molar-refractivity contribution in [2.45, 2.75) is 59.0 Å². The number of esters is 1. The molecule has 0 saturated heterocycles. The molecule has 1 aromatic rings. The number of nitrogens with one attached hydrogen (secondary N) is 2. The molecule has 0 fully saturated rings. The molecule has 0 aliphatic carbocycles. The van der Waals surface area contributed by atoms with Gasteiger partial charge in [0.25, 0.3) is 5.91 Å². The third kappa shape index (κ3) is 10.9. The molecule has 2 amide bonds. The minimum Gasteiger partial charge on any atom is -0.456 e. The number of carbonyl (C=O) groups excluding carboxylic acids is 3. The van der Waals surface area contributed by atoms with E-state index in [-0.39, 0.29) is 19.6 Å². The van der Waals surface area contributed by atoms with Gasteiger partial charge in [0.1, 0.15) is 5.60 Å². The van der Waals surface area contributed by atoms with Crippen molar-refractivity contribution in [3.8, 4) is 0 Å². The summed E-state index contributed by atoms with van der Waals surface area (Å²) in [6.07, 6.45) is 2.63. The molecule has 150 valence electrons. The van der Waals surface area contributed by atoms with Crippen molar-refractivity contribution in [2.24, 2.45) is 0 Å². The molecule has 0 aliphatic heterocycles. The molecule has 7 heteroatoms. The first kappa shape index (κ1) is 22.5. The van der Waals surface area contributed by atoms with E-state index < -0.39 is 23.6 Å². The van der Waals surface area contributed by atoms with Gasteiger partial charge in [0.15, 0.2) is 6.61 Å². The van der Waals surface area contributed by atoms with Gasteiger partial charge in [-0.3, -0.25) is 9.59 Å². The van der Waals surface area contributed by atoms with Crippen LogP contribution in [0.3, 0.4) is 0 Å². The molecule has 0 radical (unpaired) electrons. The Labute approximate surface area is 160 Å². The largest absolute Gasteiger partial charge is 0.456 e. The van der Waals surface area contributed by atoms with Gasteiger partial charge in [-0.25, -0.2) is 4.79 Å². The molecule has 0 unspecified atom stereocenters. The molecule has 2 N–H and O–H groups in total. The highest BCUT2D eigenvalue weighted by Crippen LogP contribution is 2.11. The van der Waals surface area contributed by atoms with E-state index in [0.717, 1.165) is 19.3 Å². The van der Waals surface area contributed by atoms with Crippen LogP contribution in [0.4, 0.5) is 10.5 Å². The maximum atomic E-state index is 11.8. The molecule has 7 nitrogen and oxygen atoms in total. The number of hydrogen-bond acceptors (Lipinski definition) is 5. The molecular weight excluding hydrogens is 348 g/mol. The number of alkyl carbamates (subject to hydrolysis) is 1. The molecule has 1 aromatic carbocycles. The summed E-state index contributed by atoms with van der Waals surface area (Å²) in [7, 11) is 0. The highest BCUT2D eigenvalue weighted by Gasteiger charge is 2.16. The fourth-order valence-corrected chi connectivity index (χ4v) is 2.13. The predicted molar refractivity (Wildman–Crippen MR) is 103 cm³/mol. The number of carbonyl (C=O) groups is 3. The third-order valence-electron chi connectivity index (χ3n) is 3.42. The second-order valence-electron chi connectivity index (χ2n) is 7.19. The third-order valence-corrected chi connectivity index (χ3v) is 3.42. The Hall–Kier alpha value is -2.57. The van der Waals surface area contributed by atoms with E-state index in [4.69, 9.17) is 9.47 Å². The second-order valence-corrected chi connectivity index (χ2v) is 7.19. The number of hydrogen-bond donors (Lipinski definition) is 2. The van der Waals surface area contributed by atoms with Gasteiger partial charge in [0.2, 0.25) is 0 Å². The van der Waals surface area contributed by atoms with Crippen molar-refractivity contribution in [3.63, 3.8) is 0 Å². The second kappa shape index (κ2) is 11.2. The number of rotatable bonds is 9. The zero-order valence-electron chi connectivity index (χ0n) is 16.6. The standard InChI is InChI=1S/C20H30N2O5/c1-5-6-7-15-8-10-16(11-9-15)22-17(23)14-26-18(24)12-13-21-19(25)27-20(2,3)4/h8-11H,5-7,12-14H2,1-4H3,(H,21,25)(H,22,23). The normalized spacial score (nSPS) is 10.8. The first-order chi connectivity index (χ1) is 12.7. The number of unbranched alkanes of at least 4 members (excludes halogenated alkanes) is 1. The minimum atomic E-state index is -0.601. The van der Waals surface area contributed by atoms with Gasteiger partial charge in [-0.05, 0) is 51.3 Å². The molecule has 0 atom stereocenters. The Kier molecular flexibility index (Phi) is 9.33. The lowest BCUT2D eigenvalue weighted by Crippen LogP contribution is -2.34. The number of benzene rings is 1. The predicted octanol–water partition coefficient (Wildman–Crippen LogP) is 3.43. The van der Waals surface area contributed by atoms with Gasteiger partial charge >= 0.3 is 12.1 Å². The summed E-state index contributed by atoms with van der Waals surface area (Å²) in [6, 6.07) is 7.60. The zero-order valence-corrected chi connectivity index (χ0v) is 16.6. The lowest BCUT2D eigenvalue weighted by molar-refractivity contribution is -0.147. The van der Waals surface area contributed by atoms with Crippen molar-refractivity contribution >= 4 is 23.7 Å². The van der Waals surface area contributed by atoms with Crippen LogP contribution < -0.4 is 10.6 Å². The number of ether oxygens (including phenoxy) is 2. The maximum Gasteiger partial charge on any atom is 0.407 e. The summed E-state index contributed by atoms with van der Waals surface area (Å²) < 4.78 is 9.94. The fourth-order valence-electron chi connectivity index (χ4n) is 2.13. The lowest BCUT2D eigenvalue weighted by Gasteiger charge is -2.19. The van der Waals surface area contributed by atoms with Crippen LogP contribution in [0.15, 0.2) is 24.3 Å². The van der Waals surface area contributed by atoms with Crippen molar-refractivity contribution in [1.29, 1.82) is 0 Å². The SMILES string of the molecule is CCCCc1ccc(NC(=O)COC(=O)CCNC(=O)OC(C)(C)C)cc1. The highest BCUT2D eigenvalue weighted by atomic mass is 16.6. The first-order valence-corrected chi connectivity index (χ1v) is 9.21. The van der Waals surface area contributed by atoms with Crippen molar-refractivity contribution in [1.82, 2.24) is 5.32 Å². The van der Waals surface area contributed by atoms with Gasteiger partial charge in [0.05, 0.1) is 6.42 Å². The van der Waals surface area contributed by atoms with Gasteiger partial charge in [0, 0.05) is 12.2 Å². The summed E-state index contributed by atoms with van der Waals surface area (Å²) in [5.41, 5.74) is 1.28. The highest BCUT2D eigenvalue weighted by molar-refractivity contribution is 5.92. The van der Waals surface area contributed by atoms with E-state index in [1.807, 2.05) is 24.3 Å². The quantitative estimate of drug-likeness (QED) is 0.642. The summed E-state index contributed by atoms with van der Waals surface area (Å²) >= 11 is 0. The molecule has 27 heavy (non-hydrogen) atoms. The monoisotopic (exact) mass is 378 g/mol. The number of anilines is 1. The molecule has 1 rings (SSSR count). The minimum absolute atomic E-state index is 0.0430. The Morgan fingerprint density at radius 2 is 1.74 bits per heavy atom. The van der Waals surface area contributed by atoms with E-state index >= 15 is 0 Å². The Bertz CT molecular complexity index is 620. The molecule has 0 spiro atoms. The van der Waals surface area contributed by atoms with Crippen LogP contribution >= 0.6 is 0 Å². The van der Waals surface area contributed by atoms with Crippen LogP contribution in [0.25, 0.3) is 0 Å². The number of amides is 2. The van der Waals surface area contributed by atoms with E-state index in [9.17, 15) is 14.4 Å². The molecule has 0 bridgehead atoms. The summed E-state index contributed by atoms with van der Waals surface area (Å²) in [4.78, 5) is 34.9. The van der Waals surface area contributed by atoms with Gasteiger partial charge < -0.3 is 20.1 Å². The molecular formula is C20H30N2O5. The lowest BCUT2D eigenvalue weighted by atomic mass is 10.1. The van der Waals surface area contributed by atoms with E-state index in [2.05, 4.69) is 17.6 Å². The van der Waals surface area contributed by atoms with Crippen LogP contribution in [0.1, 0.15) is 52.5 Å². The molecule has 0 saturated carbocycles. The van der Waals surface area contributed by atoms with Crippen LogP contribution in [0.5, 0.6) is 0 Å². The Balaban J connectivity index is 2.23. The van der Waals surface area contributed by atoms with Crippen LogP contribution in [-0.2, 0) is 25.5 Å². The summed E-state index contributed by atoms with van der Waals surface area (Å²) in [6.45, 7) is 7.09. The summed E-state index contributed by atoms with van der Waals surface area (Å²) in [5, 5.41) is 5.13. The first-order valence-electron chi connectivity index (χ1n) is 9.21. The summed E-state index contributed by atoms with van der Waals surface area (Å²) in [5.74, 6) is -0.985. The maximum absolute atomic E-state index is 11.8. The molecule has 0 aliphatic rings. The van der Waals surface area contributed by atoms with E-state index in [0.29, 0.717) is 5.69 Å². The smallest absolute Gasteiger partial charge is 0.407 e. The Morgan fingerprint density at radius 1 is 1.07 bits per heavy atom. The van der Waals surface area contributed by atoms with Crippen LogP contribution in [0, 0.1) is 0 Å². The zero-order chi connectivity index (χ0) is 20.3. The van der Waals surface area contributed by atoms with Gasteiger partial charge in [-0.15, -0.1) is 0 Å². The van der Waals surface area contributed by atoms with Crippen LogP contribution in [0.2, 0.25) is 0 Å². The van der Waals surface area contributed by atoms with Crippen molar-refractivity contribution in [3.05, 3.63) is 29.8 Å². The fraction of sp³-hybridized carbons (Fsp3) is 0.550. The molecule has 0 aromatic heterocycles. The van der Waals surface area contributed by atoms with Gasteiger partial charge in [-0.2, -0.15) is 0 Å². The van der Waals surface area contributed by atoms with Crippen molar-refractivity contribution in [2.75, 3.05) is 18.5 Å². The van der Waals surface area contributed by atoms with E-state index in [1.54, 1.807) is 20.8 Å². The van der Waals surface area contributed by atoms with Gasteiger partial charge in [-0.1, -0.05) is 25.5 Å². The average molecular weight is 378 g/mol. The number of aryl methyl sites for hydroxylation is 1. The van der Waals surface area contributed by atoms with E-state index in [1.165, 1.54) is 5.56 Å².